The second-order valence-corrected chi connectivity index (χ2v) is 4.84. The minimum Gasteiger partial charge on any atom is -0.290 e. The van der Waals surface area contributed by atoms with E-state index in [-0.39, 0.29) is 31.7 Å². The van der Waals surface area contributed by atoms with Crippen LogP contribution in [-0.4, -0.2) is 0 Å². The lowest BCUT2D eigenvalue weighted by molar-refractivity contribution is 1.46. The molecule has 3 nitrogen and oxygen atoms in total. The maximum atomic E-state index is 11.6. The zero-order chi connectivity index (χ0) is 14.2. The first-order valence-corrected chi connectivity index (χ1v) is 6.08. The van der Waals surface area contributed by atoms with Crippen LogP contribution in [0.4, 0.5) is 0 Å². The molecule has 6 heteroatoms. The third-order valence-corrected chi connectivity index (χ3v) is 3.62. The largest absolute Gasteiger partial charge is 0.290 e. The van der Waals surface area contributed by atoms with Gasteiger partial charge in [0.1, 0.15) is 17.7 Å². The summed E-state index contributed by atoms with van der Waals surface area (Å²) in [5.41, 5.74) is 0.438. The van der Waals surface area contributed by atoms with Gasteiger partial charge in [-0.1, -0.05) is 34.8 Å². The topological polar surface area (TPSA) is 64.7 Å². The first-order valence-electron chi connectivity index (χ1n) is 4.95. The number of nitrogens with zero attached hydrogens (tertiary/aromatic N) is 2. The molecule has 19 heavy (non-hydrogen) atoms. The summed E-state index contributed by atoms with van der Waals surface area (Å²) in [6.07, 6.45) is 0. The highest BCUT2D eigenvalue weighted by Crippen LogP contribution is 2.46. The van der Waals surface area contributed by atoms with Crippen LogP contribution in [0.3, 0.4) is 0 Å². The average molecular weight is 310 g/mol. The lowest BCUT2D eigenvalue weighted by atomic mass is 10.0. The van der Waals surface area contributed by atoms with E-state index >= 15 is 0 Å². The molecule has 0 atom stereocenters. The van der Waals surface area contributed by atoms with Gasteiger partial charge in [-0.05, 0) is 17.7 Å². The molecule has 0 aromatic heterocycles. The van der Waals surface area contributed by atoms with Crippen molar-refractivity contribution in [2.24, 2.45) is 0 Å². The second-order valence-electron chi connectivity index (χ2n) is 3.65. The maximum Gasteiger partial charge on any atom is 0.180 e. The van der Waals surface area contributed by atoms with Crippen LogP contribution in [0.25, 0.3) is 10.6 Å². The van der Waals surface area contributed by atoms with Gasteiger partial charge >= 0.3 is 0 Å². The van der Waals surface area contributed by atoms with E-state index in [1.807, 2.05) is 0 Å². The molecule has 0 heterocycles. The van der Waals surface area contributed by atoms with Gasteiger partial charge in [-0.3, -0.25) is 4.79 Å². The average Bonchev–Trinajstić information content (AvgIpc) is 2.52. The number of allylic oxidation sites excluding steroid dienone is 3. The number of hydrogen-bond acceptors (Lipinski definition) is 3. The van der Waals surface area contributed by atoms with Gasteiger partial charge in [-0.25, -0.2) is 0 Å². The first-order chi connectivity index (χ1) is 8.99. The Bertz CT molecular complexity index is 779. The maximum absolute atomic E-state index is 11.6. The molecule has 0 N–H and O–H groups in total. The third kappa shape index (κ3) is 2.25. The summed E-state index contributed by atoms with van der Waals surface area (Å²) in [5.74, 6) is 0. The molecule has 0 bridgehead atoms. The summed E-state index contributed by atoms with van der Waals surface area (Å²) >= 11 is 17.9. The quantitative estimate of drug-likeness (QED) is 0.687. The molecule has 1 aromatic carbocycles. The molecule has 0 radical (unpaired) electrons. The molecular weight excluding hydrogens is 307 g/mol. The van der Waals surface area contributed by atoms with Crippen LogP contribution in [0, 0.1) is 22.7 Å². The van der Waals surface area contributed by atoms with Crippen molar-refractivity contribution in [3.8, 4) is 12.1 Å². The lowest BCUT2D eigenvalue weighted by Crippen LogP contribution is -1.92. The molecule has 1 aromatic rings. The number of fused-ring (bicyclic) bond motifs is 1. The molecule has 0 fully saturated rings. The standard InChI is InChI=1S/C13H3Cl3N2O/c14-7-1-8(19)3-10-9(2-7)11(6(4-17)5-18)13(16)12(10)15/h1-3H. The Morgan fingerprint density at radius 1 is 0.947 bits per heavy atom. The molecule has 0 unspecified atom stereocenters. The van der Waals surface area contributed by atoms with Gasteiger partial charge in [-0.2, -0.15) is 10.5 Å². The third-order valence-electron chi connectivity index (χ3n) is 2.53. The highest BCUT2D eigenvalue weighted by Gasteiger charge is 2.27. The van der Waals surface area contributed by atoms with E-state index in [1.165, 1.54) is 18.2 Å². The van der Waals surface area contributed by atoms with Crippen molar-refractivity contribution in [2.45, 2.75) is 0 Å². The molecule has 0 spiro atoms. The van der Waals surface area contributed by atoms with Crippen molar-refractivity contribution in [3.63, 3.8) is 0 Å². The summed E-state index contributed by atoms with van der Waals surface area (Å²) in [6, 6.07) is 7.44. The Balaban J connectivity index is 2.99. The minimum absolute atomic E-state index is 0.0661. The van der Waals surface area contributed by atoms with E-state index in [0.717, 1.165) is 0 Å². The Morgan fingerprint density at radius 3 is 2.16 bits per heavy atom. The predicted molar refractivity (Wildman–Crippen MR) is 74.5 cm³/mol. The van der Waals surface area contributed by atoms with E-state index in [2.05, 4.69) is 0 Å². The van der Waals surface area contributed by atoms with Crippen LogP contribution in [0.2, 0.25) is 5.02 Å². The zero-order valence-corrected chi connectivity index (χ0v) is 11.4. The van der Waals surface area contributed by atoms with Crippen LogP contribution in [0.5, 0.6) is 0 Å². The van der Waals surface area contributed by atoms with Gasteiger partial charge in [0, 0.05) is 22.2 Å². The summed E-state index contributed by atoms with van der Waals surface area (Å²) in [6.45, 7) is 0. The van der Waals surface area contributed by atoms with E-state index in [0.29, 0.717) is 11.1 Å². The Hall–Kier alpha value is -1.78. The van der Waals surface area contributed by atoms with E-state index in [1.54, 1.807) is 12.1 Å². The molecule has 0 saturated heterocycles. The van der Waals surface area contributed by atoms with Crippen LogP contribution in [0.1, 0.15) is 11.1 Å². The van der Waals surface area contributed by atoms with Crippen LogP contribution in [0.15, 0.2) is 33.6 Å². The molecule has 0 amide bonds. The molecular formula is C13H3Cl3N2O. The fourth-order valence-electron chi connectivity index (χ4n) is 1.77. The van der Waals surface area contributed by atoms with Crippen LogP contribution in [-0.2, 0) is 0 Å². The summed E-state index contributed by atoms with van der Waals surface area (Å²) in [4.78, 5) is 11.6. The SMILES string of the molecule is N#CC(C#N)=C1C(Cl)=C(Cl)c2cc(=O)cc(Cl)cc21. The van der Waals surface area contributed by atoms with Gasteiger partial charge in [0.2, 0.25) is 0 Å². The van der Waals surface area contributed by atoms with Gasteiger partial charge < -0.3 is 0 Å². The Kier molecular flexibility index (Phi) is 3.64. The summed E-state index contributed by atoms with van der Waals surface area (Å²) in [7, 11) is 0. The smallest absolute Gasteiger partial charge is 0.180 e. The van der Waals surface area contributed by atoms with Gasteiger partial charge in [0.25, 0.3) is 0 Å². The molecule has 1 aliphatic rings. The summed E-state index contributed by atoms with van der Waals surface area (Å²) in [5, 5.41) is 18.3. The molecule has 92 valence electrons. The predicted octanol–water partition coefficient (Wildman–Crippen LogP) is 3.66. The van der Waals surface area contributed by atoms with Crippen LogP contribution >= 0.6 is 34.8 Å². The van der Waals surface area contributed by atoms with E-state index < -0.39 is 0 Å². The second kappa shape index (κ2) is 5.07. The Morgan fingerprint density at radius 2 is 1.58 bits per heavy atom. The van der Waals surface area contributed by atoms with Gasteiger partial charge in [-0.15, -0.1) is 0 Å². The zero-order valence-electron chi connectivity index (χ0n) is 9.17. The van der Waals surface area contributed by atoms with E-state index in [9.17, 15) is 4.79 Å². The number of halogens is 3. The fraction of sp³-hybridized carbons (Fsp3) is 0. The molecule has 2 rings (SSSR count). The van der Waals surface area contributed by atoms with Gasteiger partial charge in [0.15, 0.2) is 5.43 Å². The van der Waals surface area contributed by atoms with E-state index in [4.69, 9.17) is 45.3 Å². The highest BCUT2D eigenvalue weighted by molar-refractivity contribution is 6.59. The number of hydrogen-bond donors (Lipinski definition) is 0. The number of nitriles is 2. The molecule has 0 saturated carbocycles. The molecule has 0 aliphatic heterocycles. The summed E-state index contributed by atoms with van der Waals surface area (Å²) < 4.78 is 0. The van der Waals surface area contributed by atoms with Crippen molar-refractivity contribution in [3.05, 3.63) is 55.2 Å². The van der Waals surface area contributed by atoms with Crippen molar-refractivity contribution in [1.29, 1.82) is 10.5 Å². The van der Waals surface area contributed by atoms with Crippen molar-refractivity contribution in [1.82, 2.24) is 0 Å². The minimum atomic E-state index is -0.342. The normalized spacial score (nSPS) is 12.8. The lowest BCUT2D eigenvalue weighted by Gasteiger charge is -1.99. The van der Waals surface area contributed by atoms with Crippen molar-refractivity contribution >= 4 is 45.4 Å². The van der Waals surface area contributed by atoms with Crippen molar-refractivity contribution < 1.29 is 0 Å². The monoisotopic (exact) mass is 308 g/mol. The van der Waals surface area contributed by atoms with Crippen LogP contribution < -0.4 is 5.43 Å². The number of rotatable bonds is 0. The van der Waals surface area contributed by atoms with Crippen molar-refractivity contribution in [2.75, 3.05) is 0 Å². The highest BCUT2D eigenvalue weighted by atomic mass is 35.5. The van der Waals surface area contributed by atoms with Gasteiger partial charge in [0.05, 0.1) is 10.1 Å². The fourth-order valence-corrected chi connectivity index (χ4v) is 2.54. The first kappa shape index (κ1) is 13.6. The molecule has 1 aliphatic carbocycles. The Labute approximate surface area is 123 Å².